The zero-order valence-corrected chi connectivity index (χ0v) is 15.6. The largest absolute Gasteiger partial charge is 0.491 e. The number of carboxylic acids is 1. The van der Waals surface area contributed by atoms with Crippen LogP contribution in [0.15, 0.2) is 54.9 Å². The standard InChI is InChI=1S/C22H18FN3O3/c1-2-29-20-11-19-15(10-17(20)23)16(21(26-19)13-5-4-8-24-12-13)9-14-6-3-7-18(25-14)22(27)28/h3-8,10-12,26H,2,9H2,1H3,(H,27,28). The van der Waals surface area contributed by atoms with Crippen molar-refractivity contribution in [1.29, 1.82) is 0 Å². The van der Waals surface area contributed by atoms with E-state index in [0.29, 0.717) is 24.1 Å². The average molecular weight is 391 g/mol. The summed E-state index contributed by atoms with van der Waals surface area (Å²) in [5.74, 6) is -1.37. The van der Waals surface area contributed by atoms with Gasteiger partial charge in [-0.2, -0.15) is 0 Å². The molecule has 0 aliphatic rings. The number of carboxylic acid groups (broad SMARTS) is 1. The molecule has 3 aromatic heterocycles. The Morgan fingerprint density at radius 1 is 1.24 bits per heavy atom. The number of ether oxygens (including phenoxy) is 1. The second-order valence-corrected chi connectivity index (χ2v) is 6.48. The van der Waals surface area contributed by atoms with E-state index in [1.807, 2.05) is 12.1 Å². The molecule has 0 spiro atoms. The van der Waals surface area contributed by atoms with Crippen LogP contribution in [0, 0.1) is 5.82 Å². The highest BCUT2D eigenvalue weighted by Crippen LogP contribution is 2.34. The van der Waals surface area contributed by atoms with E-state index in [1.165, 1.54) is 12.1 Å². The van der Waals surface area contributed by atoms with Gasteiger partial charge in [0.25, 0.3) is 0 Å². The van der Waals surface area contributed by atoms with Crippen molar-refractivity contribution in [1.82, 2.24) is 15.0 Å². The molecule has 4 aromatic rings. The number of nitrogens with zero attached hydrogens (tertiary/aromatic N) is 2. The van der Waals surface area contributed by atoms with Crippen LogP contribution in [0.2, 0.25) is 0 Å². The van der Waals surface area contributed by atoms with Crippen LogP contribution in [-0.4, -0.2) is 32.6 Å². The van der Waals surface area contributed by atoms with Gasteiger partial charge in [0.15, 0.2) is 11.6 Å². The van der Waals surface area contributed by atoms with Crippen molar-refractivity contribution in [2.24, 2.45) is 0 Å². The molecule has 0 unspecified atom stereocenters. The molecule has 2 N–H and O–H groups in total. The fraction of sp³-hybridized carbons (Fsp3) is 0.136. The third-order valence-corrected chi connectivity index (χ3v) is 4.59. The van der Waals surface area contributed by atoms with Crippen LogP contribution in [0.5, 0.6) is 5.75 Å². The molecule has 0 saturated heterocycles. The maximum Gasteiger partial charge on any atom is 0.354 e. The molecule has 0 bridgehead atoms. The fourth-order valence-corrected chi connectivity index (χ4v) is 3.34. The molecule has 146 valence electrons. The molecule has 6 nitrogen and oxygen atoms in total. The third kappa shape index (κ3) is 3.67. The maximum atomic E-state index is 14.6. The lowest BCUT2D eigenvalue weighted by Crippen LogP contribution is -2.03. The van der Waals surface area contributed by atoms with Crippen LogP contribution in [0.3, 0.4) is 0 Å². The summed E-state index contributed by atoms with van der Waals surface area (Å²) < 4.78 is 19.9. The van der Waals surface area contributed by atoms with E-state index in [-0.39, 0.29) is 11.4 Å². The summed E-state index contributed by atoms with van der Waals surface area (Å²) in [5.41, 5.74) is 3.69. The van der Waals surface area contributed by atoms with Gasteiger partial charge in [0.2, 0.25) is 0 Å². The molecule has 1 aromatic carbocycles. The summed E-state index contributed by atoms with van der Waals surface area (Å²) in [6.45, 7) is 2.16. The molecule has 0 atom stereocenters. The quantitative estimate of drug-likeness (QED) is 0.507. The maximum absolute atomic E-state index is 14.6. The highest BCUT2D eigenvalue weighted by Gasteiger charge is 2.18. The van der Waals surface area contributed by atoms with E-state index >= 15 is 0 Å². The summed E-state index contributed by atoms with van der Waals surface area (Å²) in [6, 6.07) is 11.6. The first-order valence-electron chi connectivity index (χ1n) is 9.13. The first-order valence-corrected chi connectivity index (χ1v) is 9.13. The van der Waals surface area contributed by atoms with E-state index < -0.39 is 11.8 Å². The van der Waals surface area contributed by atoms with E-state index in [0.717, 1.165) is 22.3 Å². The van der Waals surface area contributed by atoms with Gasteiger partial charge in [-0.1, -0.05) is 6.07 Å². The van der Waals surface area contributed by atoms with Gasteiger partial charge >= 0.3 is 5.97 Å². The average Bonchev–Trinajstić information content (AvgIpc) is 3.06. The van der Waals surface area contributed by atoms with Gasteiger partial charge in [-0.15, -0.1) is 0 Å². The predicted molar refractivity (Wildman–Crippen MR) is 107 cm³/mol. The lowest BCUT2D eigenvalue weighted by Gasteiger charge is -2.07. The van der Waals surface area contributed by atoms with Gasteiger partial charge in [0.05, 0.1) is 17.8 Å². The number of hydrogen-bond donors (Lipinski definition) is 2. The summed E-state index contributed by atoms with van der Waals surface area (Å²) in [7, 11) is 0. The summed E-state index contributed by atoms with van der Waals surface area (Å²) in [4.78, 5) is 23.0. The lowest BCUT2D eigenvalue weighted by atomic mass is 10.0. The Hall–Kier alpha value is -3.74. The number of aromatic amines is 1. The molecule has 7 heteroatoms. The monoisotopic (exact) mass is 391 g/mol. The number of rotatable bonds is 6. The number of pyridine rings is 2. The molecule has 29 heavy (non-hydrogen) atoms. The highest BCUT2D eigenvalue weighted by molar-refractivity contribution is 5.92. The smallest absolute Gasteiger partial charge is 0.354 e. The first-order chi connectivity index (χ1) is 14.1. The second-order valence-electron chi connectivity index (χ2n) is 6.48. The minimum Gasteiger partial charge on any atom is -0.491 e. The summed E-state index contributed by atoms with van der Waals surface area (Å²) in [5, 5.41) is 9.90. The normalized spacial score (nSPS) is 11.0. The second kappa shape index (κ2) is 7.71. The molecule has 0 amide bonds. The van der Waals surface area contributed by atoms with Crippen LogP contribution in [0.25, 0.3) is 22.2 Å². The Bertz CT molecular complexity index is 1190. The van der Waals surface area contributed by atoms with Crippen LogP contribution in [0.1, 0.15) is 28.7 Å². The number of H-pyrrole nitrogens is 1. The predicted octanol–water partition coefficient (Wildman–Crippen LogP) is 4.45. The van der Waals surface area contributed by atoms with Crippen molar-refractivity contribution >= 4 is 16.9 Å². The Balaban J connectivity index is 1.89. The van der Waals surface area contributed by atoms with Crippen molar-refractivity contribution < 1.29 is 19.0 Å². The van der Waals surface area contributed by atoms with Crippen LogP contribution in [0.4, 0.5) is 4.39 Å². The van der Waals surface area contributed by atoms with Crippen molar-refractivity contribution in [2.45, 2.75) is 13.3 Å². The van der Waals surface area contributed by atoms with E-state index in [4.69, 9.17) is 4.74 Å². The zero-order valence-electron chi connectivity index (χ0n) is 15.6. The highest BCUT2D eigenvalue weighted by atomic mass is 19.1. The molecule has 0 fully saturated rings. The molecule has 0 aliphatic heterocycles. The number of benzene rings is 1. The first kappa shape index (κ1) is 18.6. The number of aromatic nitrogens is 3. The van der Waals surface area contributed by atoms with E-state index in [1.54, 1.807) is 37.5 Å². The van der Waals surface area contributed by atoms with Crippen molar-refractivity contribution in [3.8, 4) is 17.0 Å². The molecule has 4 rings (SSSR count). The summed E-state index contributed by atoms with van der Waals surface area (Å²) >= 11 is 0. The van der Waals surface area contributed by atoms with E-state index in [2.05, 4.69) is 15.0 Å². The van der Waals surface area contributed by atoms with Gasteiger partial charge in [-0.3, -0.25) is 4.98 Å². The van der Waals surface area contributed by atoms with Crippen LogP contribution >= 0.6 is 0 Å². The Morgan fingerprint density at radius 3 is 2.83 bits per heavy atom. The van der Waals surface area contributed by atoms with Gasteiger partial charge < -0.3 is 14.8 Å². The van der Waals surface area contributed by atoms with Crippen molar-refractivity contribution in [2.75, 3.05) is 6.61 Å². The van der Waals surface area contributed by atoms with E-state index in [9.17, 15) is 14.3 Å². The zero-order chi connectivity index (χ0) is 20.4. The Morgan fingerprint density at radius 2 is 2.10 bits per heavy atom. The van der Waals surface area contributed by atoms with Crippen LogP contribution in [-0.2, 0) is 6.42 Å². The Labute approximate surface area is 166 Å². The van der Waals surface area contributed by atoms with Crippen molar-refractivity contribution in [3.05, 3.63) is 77.6 Å². The van der Waals surface area contributed by atoms with Gasteiger partial charge in [0, 0.05) is 41.5 Å². The number of hydrogen-bond acceptors (Lipinski definition) is 4. The molecule has 0 radical (unpaired) electrons. The molecular formula is C22H18FN3O3. The third-order valence-electron chi connectivity index (χ3n) is 4.59. The fourth-order valence-electron chi connectivity index (χ4n) is 3.34. The molecule has 0 saturated carbocycles. The minimum absolute atomic E-state index is 0.0323. The molecule has 0 aliphatic carbocycles. The van der Waals surface area contributed by atoms with Crippen LogP contribution < -0.4 is 4.74 Å². The SMILES string of the molecule is CCOc1cc2[nH]c(-c3cccnc3)c(Cc3cccc(C(=O)O)n3)c2cc1F. The number of nitrogens with one attached hydrogen (secondary N) is 1. The van der Waals surface area contributed by atoms with Crippen molar-refractivity contribution in [3.63, 3.8) is 0 Å². The molecular weight excluding hydrogens is 373 g/mol. The summed E-state index contributed by atoms with van der Waals surface area (Å²) in [6.07, 6.45) is 3.73. The number of fused-ring (bicyclic) bond motifs is 1. The number of carbonyl (C=O) groups is 1. The lowest BCUT2D eigenvalue weighted by molar-refractivity contribution is 0.0690. The number of aromatic carboxylic acids is 1. The number of halogens is 1. The van der Waals surface area contributed by atoms with Gasteiger partial charge in [-0.05, 0) is 42.8 Å². The molecule has 3 heterocycles. The van der Waals surface area contributed by atoms with Gasteiger partial charge in [0.1, 0.15) is 5.69 Å². The minimum atomic E-state index is -1.09. The van der Waals surface area contributed by atoms with Gasteiger partial charge in [-0.25, -0.2) is 14.2 Å². The Kier molecular flexibility index (Phi) is 4.95. The topological polar surface area (TPSA) is 88.1 Å².